The van der Waals surface area contributed by atoms with Gasteiger partial charge in [-0.1, -0.05) is 18.2 Å². The Kier molecular flexibility index (Phi) is 5.17. The van der Waals surface area contributed by atoms with Gasteiger partial charge in [-0.25, -0.2) is 0 Å². The fraction of sp³-hybridized carbons (Fsp3) is 0.417. The number of methoxy groups -OCH3 is 1. The van der Waals surface area contributed by atoms with Crippen LogP contribution in [0.1, 0.15) is 29.6 Å². The summed E-state index contributed by atoms with van der Waals surface area (Å²) in [5.74, 6) is 1.74. The molecule has 0 radical (unpaired) electrons. The van der Waals surface area contributed by atoms with Crippen molar-refractivity contribution in [2.45, 2.75) is 31.3 Å². The molecule has 30 heavy (non-hydrogen) atoms. The molecule has 0 aliphatic carbocycles. The topological polar surface area (TPSA) is 52.3 Å². The number of rotatable bonds is 6. The largest absolute Gasteiger partial charge is 0.497 e. The van der Waals surface area contributed by atoms with E-state index < -0.39 is 0 Å². The van der Waals surface area contributed by atoms with E-state index in [2.05, 4.69) is 32.8 Å². The molecule has 2 aliphatic heterocycles. The molecule has 3 atom stereocenters. The van der Waals surface area contributed by atoms with Crippen LogP contribution in [0, 0.1) is 5.92 Å². The maximum atomic E-state index is 12.9. The van der Waals surface area contributed by atoms with Crippen LogP contribution in [0.15, 0.2) is 65.7 Å². The Hall–Kier alpha value is -2.86. The second kappa shape index (κ2) is 8.11. The summed E-state index contributed by atoms with van der Waals surface area (Å²) in [6.45, 7) is 3.91. The summed E-state index contributed by atoms with van der Waals surface area (Å²) in [5, 5.41) is 4.34. The number of piperidine rings is 1. The molecule has 0 saturated carbocycles. The van der Waals surface area contributed by atoms with Crippen molar-refractivity contribution in [3.63, 3.8) is 0 Å². The number of aromatic nitrogens is 3. The molecule has 1 aromatic carbocycles. The van der Waals surface area contributed by atoms with Gasteiger partial charge in [0.05, 0.1) is 13.7 Å². The zero-order chi connectivity index (χ0) is 20.5. The summed E-state index contributed by atoms with van der Waals surface area (Å²) in [4.78, 5) is 15.5. The van der Waals surface area contributed by atoms with Gasteiger partial charge >= 0.3 is 0 Å². The van der Waals surface area contributed by atoms with Crippen LogP contribution in [-0.4, -0.2) is 46.0 Å². The summed E-state index contributed by atoms with van der Waals surface area (Å²) < 4.78 is 9.50. The minimum atomic E-state index is 0.125. The highest BCUT2D eigenvalue weighted by atomic mass is 16.5. The number of ether oxygens (including phenoxy) is 1. The number of hydrogen-bond donors (Lipinski definition) is 0. The second-order valence-electron chi connectivity index (χ2n) is 8.50. The Bertz CT molecular complexity index is 1060. The zero-order valence-corrected chi connectivity index (χ0v) is 17.4. The van der Waals surface area contributed by atoms with Crippen LogP contribution < -0.4 is 10.3 Å². The SMILES string of the molecule is COc1cccc(C[C@H]2[C@H]3C[C@H](CN(CCn4cccn4)C3)c3cccc(=O)n32)c1. The lowest BCUT2D eigenvalue weighted by Crippen LogP contribution is -2.50. The molecule has 2 bridgehead atoms. The Morgan fingerprint density at radius 2 is 2.00 bits per heavy atom. The molecule has 5 rings (SSSR count). The number of nitrogens with zero attached hydrogens (tertiary/aromatic N) is 4. The van der Waals surface area contributed by atoms with Crippen LogP contribution in [0.3, 0.4) is 0 Å². The number of hydrogen-bond acceptors (Lipinski definition) is 4. The first-order valence-corrected chi connectivity index (χ1v) is 10.8. The normalized spacial score (nSPS) is 23.2. The molecule has 1 saturated heterocycles. The Morgan fingerprint density at radius 1 is 1.10 bits per heavy atom. The summed E-state index contributed by atoms with van der Waals surface area (Å²) in [6, 6.07) is 16.2. The number of benzene rings is 1. The quantitative estimate of drug-likeness (QED) is 0.634. The maximum Gasteiger partial charge on any atom is 0.251 e. The van der Waals surface area contributed by atoms with E-state index in [1.165, 1.54) is 11.3 Å². The molecule has 0 unspecified atom stereocenters. The molecule has 1 fully saturated rings. The minimum Gasteiger partial charge on any atom is -0.497 e. The highest BCUT2D eigenvalue weighted by Crippen LogP contribution is 2.42. The molecule has 156 valence electrons. The van der Waals surface area contributed by atoms with Crippen molar-refractivity contribution < 1.29 is 4.74 Å². The van der Waals surface area contributed by atoms with Gasteiger partial charge in [0, 0.05) is 55.7 Å². The van der Waals surface area contributed by atoms with E-state index in [1.807, 2.05) is 41.3 Å². The van der Waals surface area contributed by atoms with Crippen molar-refractivity contribution in [2.75, 3.05) is 26.7 Å². The fourth-order valence-electron chi connectivity index (χ4n) is 5.30. The Morgan fingerprint density at radius 3 is 2.83 bits per heavy atom. The van der Waals surface area contributed by atoms with Crippen molar-refractivity contribution in [3.05, 3.63) is 82.5 Å². The highest BCUT2D eigenvalue weighted by Gasteiger charge is 2.40. The van der Waals surface area contributed by atoms with Crippen molar-refractivity contribution in [2.24, 2.45) is 5.92 Å². The van der Waals surface area contributed by atoms with Crippen molar-refractivity contribution in [1.29, 1.82) is 0 Å². The minimum absolute atomic E-state index is 0.125. The van der Waals surface area contributed by atoms with E-state index >= 15 is 0 Å². The van der Waals surface area contributed by atoms with Gasteiger partial charge in [-0.2, -0.15) is 5.10 Å². The van der Waals surface area contributed by atoms with Gasteiger partial charge in [-0.3, -0.25) is 9.48 Å². The number of pyridine rings is 1. The van der Waals surface area contributed by atoms with Crippen LogP contribution in [-0.2, 0) is 13.0 Å². The molecule has 0 amide bonds. The van der Waals surface area contributed by atoms with Crippen LogP contribution in [0.5, 0.6) is 5.75 Å². The van der Waals surface area contributed by atoms with E-state index in [0.717, 1.165) is 44.8 Å². The average Bonchev–Trinajstić information content (AvgIpc) is 3.29. The van der Waals surface area contributed by atoms with Crippen LogP contribution in [0.2, 0.25) is 0 Å². The second-order valence-corrected chi connectivity index (χ2v) is 8.50. The van der Waals surface area contributed by atoms with Crippen LogP contribution >= 0.6 is 0 Å². The lowest BCUT2D eigenvalue weighted by atomic mass is 9.76. The maximum absolute atomic E-state index is 12.9. The standard InChI is InChI=1S/C24H28N4O2/c1-30-21-6-2-5-18(13-21)14-23-20-15-19(22-7-3-8-24(29)28(22)23)16-26(17-20)11-12-27-10-4-9-25-27/h2-10,13,19-20,23H,11-12,14-17H2,1H3/t19-,20+,23+/m1/s1. The first-order chi connectivity index (χ1) is 14.7. The molecule has 3 aromatic rings. The molecule has 0 N–H and O–H groups in total. The summed E-state index contributed by atoms with van der Waals surface area (Å²) in [7, 11) is 1.70. The molecular weight excluding hydrogens is 376 g/mol. The predicted molar refractivity (Wildman–Crippen MR) is 116 cm³/mol. The van der Waals surface area contributed by atoms with Crippen LogP contribution in [0.4, 0.5) is 0 Å². The Balaban J connectivity index is 1.43. The van der Waals surface area contributed by atoms with E-state index in [4.69, 9.17) is 4.74 Å². The van der Waals surface area contributed by atoms with Gasteiger partial charge in [-0.15, -0.1) is 0 Å². The van der Waals surface area contributed by atoms with E-state index in [1.54, 1.807) is 13.2 Å². The lowest BCUT2D eigenvalue weighted by Gasteiger charge is -2.47. The highest BCUT2D eigenvalue weighted by molar-refractivity contribution is 5.30. The number of likely N-dealkylation sites (tertiary alicyclic amines) is 1. The lowest BCUT2D eigenvalue weighted by molar-refractivity contribution is 0.0870. The molecule has 6 nitrogen and oxygen atoms in total. The first kappa shape index (κ1) is 19.1. The van der Waals surface area contributed by atoms with Crippen molar-refractivity contribution in [3.8, 4) is 5.75 Å². The molecule has 4 heterocycles. The van der Waals surface area contributed by atoms with E-state index in [0.29, 0.717) is 11.8 Å². The van der Waals surface area contributed by atoms with Crippen LogP contribution in [0.25, 0.3) is 0 Å². The molecule has 2 aromatic heterocycles. The predicted octanol–water partition coefficient (Wildman–Crippen LogP) is 2.96. The molecule has 2 aliphatic rings. The molecule has 0 spiro atoms. The third-order valence-electron chi connectivity index (χ3n) is 6.66. The monoisotopic (exact) mass is 404 g/mol. The van der Waals surface area contributed by atoms with Crippen molar-refractivity contribution in [1.82, 2.24) is 19.2 Å². The first-order valence-electron chi connectivity index (χ1n) is 10.8. The third-order valence-corrected chi connectivity index (χ3v) is 6.66. The summed E-state index contributed by atoms with van der Waals surface area (Å²) in [5.41, 5.74) is 2.53. The van der Waals surface area contributed by atoms with E-state index in [9.17, 15) is 4.79 Å². The smallest absolute Gasteiger partial charge is 0.251 e. The average molecular weight is 405 g/mol. The zero-order valence-electron chi connectivity index (χ0n) is 17.4. The fourth-order valence-corrected chi connectivity index (χ4v) is 5.30. The molecular formula is C24H28N4O2. The summed E-state index contributed by atoms with van der Waals surface area (Å²) >= 11 is 0. The number of fused-ring (bicyclic) bond motifs is 4. The Labute approximate surface area is 176 Å². The van der Waals surface area contributed by atoms with Crippen molar-refractivity contribution >= 4 is 0 Å². The van der Waals surface area contributed by atoms with Gasteiger partial charge in [-0.05, 0) is 48.6 Å². The van der Waals surface area contributed by atoms with Gasteiger partial charge in [0.1, 0.15) is 5.75 Å². The van der Waals surface area contributed by atoms with Gasteiger partial charge < -0.3 is 14.2 Å². The van der Waals surface area contributed by atoms with Gasteiger partial charge in [0.2, 0.25) is 0 Å². The van der Waals surface area contributed by atoms with Gasteiger partial charge in [0.15, 0.2) is 0 Å². The molecule has 6 heteroatoms. The van der Waals surface area contributed by atoms with Gasteiger partial charge in [0.25, 0.3) is 5.56 Å². The van der Waals surface area contributed by atoms with E-state index in [-0.39, 0.29) is 11.6 Å². The third kappa shape index (κ3) is 3.67. The summed E-state index contributed by atoms with van der Waals surface area (Å²) in [6.07, 6.45) is 5.85.